The number of rotatable bonds is 3. The van der Waals surface area contributed by atoms with Crippen molar-refractivity contribution in [2.75, 3.05) is 18.1 Å². The molecule has 0 spiro atoms. The number of benzene rings is 2. The van der Waals surface area contributed by atoms with Crippen molar-refractivity contribution < 1.29 is 31.6 Å². The zero-order chi connectivity index (χ0) is 20.6. The Morgan fingerprint density at radius 3 is 2.52 bits per heavy atom. The van der Waals surface area contributed by atoms with Crippen LogP contribution in [0.3, 0.4) is 0 Å². The Balaban J connectivity index is 1.69. The van der Waals surface area contributed by atoms with Gasteiger partial charge in [0, 0.05) is 5.56 Å². The number of morpholine rings is 1. The molecule has 6 nitrogen and oxygen atoms in total. The number of hydrogen-bond acceptors (Lipinski definition) is 5. The smallest absolute Gasteiger partial charge is 0.369 e. The van der Waals surface area contributed by atoms with Crippen LogP contribution in [0.15, 0.2) is 53.1 Å². The van der Waals surface area contributed by atoms with Gasteiger partial charge in [-0.3, -0.25) is 9.69 Å². The number of aromatic nitrogens is 2. The molecule has 29 heavy (non-hydrogen) atoms. The molecule has 150 valence electrons. The number of hydrogen-bond donors (Lipinski definition) is 0. The molecular weight excluding hydrogens is 394 g/mol. The van der Waals surface area contributed by atoms with E-state index in [0.717, 1.165) is 11.6 Å². The molecule has 1 aliphatic heterocycles. The largest absolute Gasteiger partial charge is 0.471 e. The predicted octanol–water partition coefficient (Wildman–Crippen LogP) is 4.00. The zero-order valence-corrected chi connectivity index (χ0v) is 14.7. The normalized spacial score (nSPS) is 17.6. The standard InChI is InChI=1S/C19H13F4N3O3/c20-13-8-12(17-24-18(29-25-17)19(21,22)23)6-7-14(13)26-15(9-28-10-16(26)27)11-4-2-1-3-5-11/h1-8,15H,9-10H2. The van der Waals surface area contributed by atoms with E-state index < -0.39 is 35.7 Å². The molecule has 2 aromatic carbocycles. The first-order valence-electron chi connectivity index (χ1n) is 8.50. The van der Waals surface area contributed by atoms with Gasteiger partial charge in [0.15, 0.2) is 0 Å². The first-order chi connectivity index (χ1) is 13.8. The zero-order valence-electron chi connectivity index (χ0n) is 14.7. The molecule has 1 atom stereocenters. The lowest BCUT2D eigenvalue weighted by Gasteiger charge is -2.36. The summed E-state index contributed by atoms with van der Waals surface area (Å²) >= 11 is 0. The first kappa shape index (κ1) is 19.1. The van der Waals surface area contributed by atoms with Gasteiger partial charge in [0.1, 0.15) is 12.4 Å². The molecule has 0 aliphatic carbocycles. The highest BCUT2D eigenvalue weighted by atomic mass is 19.4. The Labute approximate surface area is 161 Å². The van der Waals surface area contributed by atoms with E-state index in [0.29, 0.717) is 0 Å². The summed E-state index contributed by atoms with van der Waals surface area (Å²) in [6, 6.07) is 12.0. The maximum Gasteiger partial charge on any atom is 0.471 e. The van der Waals surface area contributed by atoms with Crippen LogP contribution in [-0.4, -0.2) is 29.3 Å². The van der Waals surface area contributed by atoms with E-state index in [4.69, 9.17) is 4.74 Å². The second-order valence-electron chi connectivity index (χ2n) is 6.29. The van der Waals surface area contributed by atoms with Gasteiger partial charge in [-0.15, -0.1) is 0 Å². The molecule has 0 bridgehead atoms. The lowest BCUT2D eigenvalue weighted by Crippen LogP contribution is -2.44. The van der Waals surface area contributed by atoms with Crippen molar-refractivity contribution in [3.63, 3.8) is 0 Å². The van der Waals surface area contributed by atoms with Crippen LogP contribution in [0.4, 0.5) is 23.2 Å². The minimum atomic E-state index is -4.80. The summed E-state index contributed by atoms with van der Waals surface area (Å²) in [7, 11) is 0. The highest BCUT2D eigenvalue weighted by molar-refractivity contribution is 5.96. The van der Waals surface area contributed by atoms with Gasteiger partial charge in [0.25, 0.3) is 5.91 Å². The minimum Gasteiger partial charge on any atom is -0.369 e. The van der Waals surface area contributed by atoms with Gasteiger partial charge in [-0.25, -0.2) is 4.39 Å². The number of carbonyl (C=O) groups excluding carboxylic acids is 1. The SMILES string of the molecule is O=C1COCC(c2ccccc2)N1c1ccc(-c2noc(C(F)(F)F)n2)cc1F. The number of anilines is 1. The third kappa shape index (κ3) is 3.70. The van der Waals surface area contributed by atoms with Gasteiger partial charge >= 0.3 is 12.1 Å². The molecule has 0 radical (unpaired) electrons. The van der Waals surface area contributed by atoms with Crippen molar-refractivity contribution >= 4 is 11.6 Å². The molecule has 1 fully saturated rings. The van der Waals surface area contributed by atoms with E-state index in [1.807, 2.05) is 6.07 Å². The summed E-state index contributed by atoms with van der Waals surface area (Å²) in [5.41, 5.74) is 0.731. The summed E-state index contributed by atoms with van der Waals surface area (Å²) in [5, 5.41) is 3.24. The van der Waals surface area contributed by atoms with Crippen LogP contribution in [0.2, 0.25) is 0 Å². The van der Waals surface area contributed by atoms with Crippen LogP contribution in [0.25, 0.3) is 11.4 Å². The third-order valence-corrected chi connectivity index (χ3v) is 4.40. The fourth-order valence-corrected chi connectivity index (χ4v) is 3.10. The van der Waals surface area contributed by atoms with E-state index in [2.05, 4.69) is 14.7 Å². The summed E-state index contributed by atoms with van der Waals surface area (Å²) in [6.07, 6.45) is -4.80. The van der Waals surface area contributed by atoms with E-state index in [1.165, 1.54) is 17.0 Å². The Morgan fingerprint density at radius 1 is 1.10 bits per heavy atom. The minimum absolute atomic E-state index is 0.0116. The molecule has 1 aliphatic rings. The average Bonchev–Trinajstić information content (AvgIpc) is 3.20. The van der Waals surface area contributed by atoms with Gasteiger partial charge in [-0.1, -0.05) is 35.5 Å². The molecule has 10 heteroatoms. The van der Waals surface area contributed by atoms with Gasteiger partial charge in [-0.2, -0.15) is 18.2 Å². The molecule has 3 aromatic rings. The number of carbonyl (C=O) groups is 1. The maximum absolute atomic E-state index is 14.9. The second kappa shape index (κ2) is 7.28. The number of halogens is 4. The summed E-state index contributed by atoms with van der Waals surface area (Å²) < 4.78 is 62.2. The number of alkyl halides is 3. The summed E-state index contributed by atoms with van der Waals surface area (Å²) in [6.45, 7) is -0.0267. The molecule has 4 rings (SSSR count). The molecule has 1 unspecified atom stereocenters. The Morgan fingerprint density at radius 2 is 1.86 bits per heavy atom. The Bertz CT molecular complexity index is 1040. The molecular formula is C19H13F4N3O3. The lowest BCUT2D eigenvalue weighted by molar-refractivity contribution is -0.159. The maximum atomic E-state index is 14.9. The van der Waals surface area contributed by atoms with Crippen molar-refractivity contribution in [2.45, 2.75) is 12.2 Å². The Hall–Kier alpha value is -3.27. The van der Waals surface area contributed by atoms with Crippen LogP contribution in [0, 0.1) is 5.82 Å². The van der Waals surface area contributed by atoms with E-state index in [-0.39, 0.29) is 24.5 Å². The highest BCUT2D eigenvalue weighted by Crippen LogP contribution is 2.34. The predicted molar refractivity (Wildman–Crippen MR) is 92.2 cm³/mol. The molecule has 2 heterocycles. The second-order valence-corrected chi connectivity index (χ2v) is 6.29. The van der Waals surface area contributed by atoms with Crippen molar-refractivity contribution in [1.29, 1.82) is 0 Å². The summed E-state index contributed by atoms with van der Waals surface area (Å²) in [4.78, 5) is 17.0. The molecule has 0 saturated carbocycles. The van der Waals surface area contributed by atoms with E-state index >= 15 is 0 Å². The monoisotopic (exact) mass is 407 g/mol. The molecule has 0 N–H and O–H groups in total. The van der Waals surface area contributed by atoms with Crippen LogP contribution < -0.4 is 4.90 Å². The highest BCUT2D eigenvalue weighted by Gasteiger charge is 2.39. The third-order valence-electron chi connectivity index (χ3n) is 4.40. The fourth-order valence-electron chi connectivity index (χ4n) is 3.10. The van der Waals surface area contributed by atoms with Crippen molar-refractivity contribution in [1.82, 2.24) is 10.1 Å². The topological polar surface area (TPSA) is 68.5 Å². The average molecular weight is 407 g/mol. The van der Waals surface area contributed by atoms with Gasteiger partial charge in [-0.05, 0) is 23.8 Å². The van der Waals surface area contributed by atoms with Crippen LogP contribution in [0.1, 0.15) is 17.5 Å². The number of ether oxygens (including phenoxy) is 1. The number of amides is 1. The van der Waals surface area contributed by atoms with E-state index in [9.17, 15) is 22.4 Å². The van der Waals surface area contributed by atoms with Crippen molar-refractivity contribution in [2.24, 2.45) is 0 Å². The van der Waals surface area contributed by atoms with Crippen LogP contribution in [0.5, 0.6) is 0 Å². The lowest BCUT2D eigenvalue weighted by atomic mass is 10.0. The molecule has 1 saturated heterocycles. The summed E-state index contributed by atoms with van der Waals surface area (Å²) in [5.74, 6) is -3.17. The van der Waals surface area contributed by atoms with Crippen molar-refractivity contribution in [3.05, 3.63) is 65.8 Å². The van der Waals surface area contributed by atoms with Crippen LogP contribution >= 0.6 is 0 Å². The fraction of sp³-hybridized carbons (Fsp3) is 0.211. The van der Waals surface area contributed by atoms with Gasteiger partial charge in [0.05, 0.1) is 18.3 Å². The van der Waals surface area contributed by atoms with Crippen LogP contribution in [-0.2, 0) is 15.7 Å². The van der Waals surface area contributed by atoms with Gasteiger partial charge < -0.3 is 9.26 Å². The molecule has 1 aromatic heterocycles. The van der Waals surface area contributed by atoms with E-state index in [1.54, 1.807) is 24.3 Å². The van der Waals surface area contributed by atoms with Gasteiger partial charge in [0.2, 0.25) is 5.82 Å². The Kier molecular flexibility index (Phi) is 4.79. The molecule has 1 amide bonds. The first-order valence-corrected chi connectivity index (χ1v) is 8.50. The van der Waals surface area contributed by atoms with Crippen molar-refractivity contribution in [3.8, 4) is 11.4 Å². The number of nitrogens with zero attached hydrogens (tertiary/aromatic N) is 3. The quantitative estimate of drug-likeness (QED) is 0.614.